The summed E-state index contributed by atoms with van der Waals surface area (Å²) in [5.74, 6) is 0.379. The molecule has 4 rings (SSSR count). The van der Waals surface area contributed by atoms with E-state index in [0.29, 0.717) is 24.0 Å². The first-order valence-corrected chi connectivity index (χ1v) is 11.7. The Hall–Kier alpha value is -2.88. The highest BCUT2D eigenvalue weighted by Gasteiger charge is 2.42. The number of benzene rings is 2. The van der Waals surface area contributed by atoms with E-state index in [4.69, 9.17) is 9.73 Å². The molecule has 8 nitrogen and oxygen atoms in total. The topological polar surface area (TPSA) is 95.1 Å². The van der Waals surface area contributed by atoms with Crippen LogP contribution >= 0.6 is 11.8 Å². The number of fused-ring (bicyclic) bond motifs is 1. The number of hydrazine groups is 1. The molecule has 0 aliphatic carbocycles. The van der Waals surface area contributed by atoms with Gasteiger partial charge in [0.05, 0.1) is 24.0 Å². The molecule has 168 valence electrons. The number of hydrogen-bond donors (Lipinski definition) is 3. The van der Waals surface area contributed by atoms with Gasteiger partial charge in [-0.05, 0) is 55.3 Å². The van der Waals surface area contributed by atoms with Gasteiger partial charge in [0.1, 0.15) is 11.9 Å². The van der Waals surface area contributed by atoms with Gasteiger partial charge in [0.15, 0.2) is 5.17 Å². The largest absolute Gasteiger partial charge is 0.494 e. The number of rotatable bonds is 7. The first-order valence-electron chi connectivity index (χ1n) is 10.7. The van der Waals surface area contributed by atoms with Crippen molar-refractivity contribution in [2.24, 2.45) is 10.9 Å². The van der Waals surface area contributed by atoms with E-state index in [1.54, 1.807) is 4.90 Å². The number of thioether (sulfide) groups is 1. The van der Waals surface area contributed by atoms with E-state index < -0.39 is 0 Å². The molecule has 2 aromatic carbocycles. The lowest BCUT2D eigenvalue weighted by atomic mass is 10.0. The second-order valence-electron chi connectivity index (χ2n) is 7.48. The Morgan fingerprint density at radius 1 is 1.19 bits per heavy atom. The number of amides is 2. The molecule has 2 unspecified atom stereocenters. The minimum absolute atomic E-state index is 0.0512. The van der Waals surface area contributed by atoms with E-state index >= 15 is 0 Å². The Labute approximate surface area is 191 Å². The minimum atomic E-state index is -0.339. The highest BCUT2D eigenvalue weighted by atomic mass is 32.2. The Kier molecular flexibility index (Phi) is 7.09. The number of amidine groups is 1. The van der Waals surface area contributed by atoms with Crippen LogP contribution in [0.3, 0.4) is 0 Å². The average molecular weight is 454 g/mol. The van der Waals surface area contributed by atoms with Crippen molar-refractivity contribution < 1.29 is 14.3 Å². The molecular weight excluding hydrogens is 426 g/mol. The molecule has 0 spiro atoms. The molecule has 2 aliphatic heterocycles. The quantitative estimate of drug-likeness (QED) is 0.597. The number of nitrogens with one attached hydrogen (secondary N) is 3. The summed E-state index contributed by atoms with van der Waals surface area (Å²) in [4.78, 5) is 32.1. The predicted molar refractivity (Wildman–Crippen MR) is 128 cm³/mol. The molecule has 32 heavy (non-hydrogen) atoms. The molecule has 0 aromatic heterocycles. The van der Waals surface area contributed by atoms with Crippen molar-refractivity contribution >= 4 is 40.1 Å². The zero-order valence-corrected chi connectivity index (χ0v) is 18.9. The summed E-state index contributed by atoms with van der Waals surface area (Å²) in [5.41, 5.74) is 8.71. The van der Waals surface area contributed by atoms with E-state index in [9.17, 15) is 9.59 Å². The first kappa shape index (κ1) is 22.3. The van der Waals surface area contributed by atoms with Crippen molar-refractivity contribution in [1.29, 1.82) is 0 Å². The summed E-state index contributed by atoms with van der Waals surface area (Å²) in [6.45, 7) is 5.09. The van der Waals surface area contributed by atoms with E-state index in [1.807, 2.05) is 55.5 Å². The average Bonchev–Trinajstić information content (AvgIpc) is 3.28. The number of anilines is 2. The van der Waals surface area contributed by atoms with Gasteiger partial charge >= 0.3 is 0 Å². The first-order chi connectivity index (χ1) is 15.6. The summed E-state index contributed by atoms with van der Waals surface area (Å²) in [7, 11) is 0. The molecule has 0 radical (unpaired) electrons. The SMILES string of the molecule is CCOc1ccc(N2C(=O)C3CNNC3N=C2SCC(=O)Nc2ccc(CC)cc2)cc1. The van der Waals surface area contributed by atoms with Gasteiger partial charge in [-0.2, -0.15) is 0 Å². The van der Waals surface area contributed by atoms with Crippen molar-refractivity contribution in [3.63, 3.8) is 0 Å². The molecule has 0 saturated carbocycles. The van der Waals surface area contributed by atoms with Gasteiger partial charge in [-0.1, -0.05) is 30.8 Å². The summed E-state index contributed by atoms with van der Waals surface area (Å²) in [6, 6.07) is 15.1. The van der Waals surface area contributed by atoms with Crippen LogP contribution in [0.1, 0.15) is 19.4 Å². The lowest BCUT2D eigenvalue weighted by Crippen LogP contribution is -2.49. The fourth-order valence-electron chi connectivity index (χ4n) is 3.62. The van der Waals surface area contributed by atoms with E-state index in [2.05, 4.69) is 23.1 Å². The number of carbonyl (C=O) groups excluding carboxylic acids is 2. The van der Waals surface area contributed by atoms with Gasteiger partial charge < -0.3 is 10.1 Å². The van der Waals surface area contributed by atoms with Gasteiger partial charge in [0.2, 0.25) is 11.8 Å². The highest BCUT2D eigenvalue weighted by Crippen LogP contribution is 2.30. The van der Waals surface area contributed by atoms with Crippen LogP contribution in [-0.4, -0.2) is 42.1 Å². The fraction of sp³-hybridized carbons (Fsp3) is 0.348. The zero-order chi connectivity index (χ0) is 22.5. The van der Waals surface area contributed by atoms with Gasteiger partial charge in [-0.25, -0.2) is 10.4 Å². The number of hydrogen-bond acceptors (Lipinski definition) is 7. The molecule has 2 amide bonds. The van der Waals surface area contributed by atoms with Gasteiger partial charge in [0, 0.05) is 12.2 Å². The second-order valence-corrected chi connectivity index (χ2v) is 8.42. The number of aliphatic imine (C=N–C) groups is 1. The van der Waals surface area contributed by atoms with Crippen LogP contribution < -0.4 is 25.8 Å². The van der Waals surface area contributed by atoms with Crippen LogP contribution in [0.2, 0.25) is 0 Å². The Bertz CT molecular complexity index is 994. The lowest BCUT2D eigenvalue weighted by molar-refractivity contribution is -0.121. The molecule has 1 fully saturated rings. The normalized spacial score (nSPS) is 20.0. The maximum atomic E-state index is 13.2. The van der Waals surface area contributed by atoms with Crippen LogP contribution in [0.4, 0.5) is 11.4 Å². The molecule has 3 N–H and O–H groups in total. The van der Waals surface area contributed by atoms with Gasteiger partial charge in [-0.15, -0.1) is 0 Å². The van der Waals surface area contributed by atoms with Crippen LogP contribution in [0.5, 0.6) is 5.75 Å². The van der Waals surface area contributed by atoms with E-state index in [0.717, 1.165) is 17.9 Å². The van der Waals surface area contributed by atoms with E-state index in [1.165, 1.54) is 17.3 Å². The number of nitrogens with zero attached hydrogens (tertiary/aromatic N) is 2. The molecule has 9 heteroatoms. The monoisotopic (exact) mass is 453 g/mol. The summed E-state index contributed by atoms with van der Waals surface area (Å²) >= 11 is 1.25. The van der Waals surface area contributed by atoms with Crippen molar-refractivity contribution in [3.8, 4) is 5.75 Å². The maximum Gasteiger partial charge on any atom is 0.241 e. The number of aryl methyl sites for hydroxylation is 1. The predicted octanol–water partition coefficient (Wildman–Crippen LogP) is 2.77. The van der Waals surface area contributed by atoms with Gasteiger partial charge in [-0.3, -0.25) is 19.9 Å². The molecule has 2 heterocycles. The van der Waals surface area contributed by atoms with E-state index in [-0.39, 0.29) is 29.7 Å². The van der Waals surface area contributed by atoms with Crippen LogP contribution in [0.15, 0.2) is 53.5 Å². The smallest absolute Gasteiger partial charge is 0.241 e. The third-order valence-corrected chi connectivity index (χ3v) is 6.27. The summed E-state index contributed by atoms with van der Waals surface area (Å²) in [6.07, 6.45) is 0.610. The fourth-order valence-corrected chi connectivity index (χ4v) is 4.46. The third kappa shape index (κ3) is 4.95. The van der Waals surface area contributed by atoms with Crippen molar-refractivity contribution in [3.05, 3.63) is 54.1 Å². The third-order valence-electron chi connectivity index (χ3n) is 5.32. The second kappa shape index (κ2) is 10.2. The van der Waals surface area contributed by atoms with Crippen LogP contribution in [-0.2, 0) is 16.0 Å². The minimum Gasteiger partial charge on any atom is -0.494 e. The number of carbonyl (C=O) groups is 2. The number of ether oxygens (including phenoxy) is 1. The van der Waals surface area contributed by atoms with Crippen LogP contribution in [0, 0.1) is 5.92 Å². The summed E-state index contributed by atoms with van der Waals surface area (Å²) in [5, 5.41) is 3.40. The Morgan fingerprint density at radius 3 is 2.62 bits per heavy atom. The van der Waals surface area contributed by atoms with Crippen molar-refractivity contribution in [1.82, 2.24) is 10.9 Å². The maximum absolute atomic E-state index is 13.2. The molecule has 0 bridgehead atoms. The van der Waals surface area contributed by atoms with Gasteiger partial charge in [0.25, 0.3) is 0 Å². The molecule has 2 aliphatic rings. The van der Waals surface area contributed by atoms with Crippen LogP contribution in [0.25, 0.3) is 0 Å². The highest BCUT2D eigenvalue weighted by molar-refractivity contribution is 8.14. The Morgan fingerprint density at radius 2 is 1.94 bits per heavy atom. The Balaban J connectivity index is 1.48. The molecule has 2 aromatic rings. The molecular formula is C23H27N5O3S. The standard InChI is InChI=1S/C23H27N5O3S/c1-3-15-5-7-16(8-6-15)25-20(29)14-32-23-26-21-19(13-24-27-21)22(30)28(23)17-9-11-18(12-10-17)31-4-2/h5-12,19,21,24,27H,3-4,13-14H2,1-2H3,(H,25,29). The summed E-state index contributed by atoms with van der Waals surface area (Å²) < 4.78 is 5.51. The lowest BCUT2D eigenvalue weighted by Gasteiger charge is -2.32. The van der Waals surface area contributed by atoms with Crippen molar-refractivity contribution in [2.45, 2.75) is 26.4 Å². The molecule has 1 saturated heterocycles. The molecule has 2 atom stereocenters. The zero-order valence-electron chi connectivity index (χ0n) is 18.1. The van der Waals surface area contributed by atoms with Crippen molar-refractivity contribution in [2.75, 3.05) is 29.1 Å².